The van der Waals surface area contributed by atoms with Gasteiger partial charge in [0.2, 0.25) is 0 Å². The van der Waals surface area contributed by atoms with Crippen molar-refractivity contribution in [3.63, 3.8) is 0 Å². The molecule has 2 aliphatic rings. The summed E-state index contributed by atoms with van der Waals surface area (Å²) in [6.07, 6.45) is -9.19. The number of aromatic nitrogens is 5. The number of aliphatic hydroxyl groups is 6. The van der Waals surface area contributed by atoms with E-state index in [0.717, 1.165) is 4.57 Å². The second-order valence-electron chi connectivity index (χ2n) is 8.03. The van der Waals surface area contributed by atoms with E-state index in [1.165, 1.54) is 23.1 Å². The predicted octanol–water partition coefficient (Wildman–Crippen LogP) is -4.95. The van der Waals surface area contributed by atoms with Crippen molar-refractivity contribution in [2.24, 2.45) is 0 Å². The molecule has 188 valence electrons. The first-order valence-corrected chi connectivity index (χ1v) is 10.4. The summed E-state index contributed by atoms with van der Waals surface area (Å²) in [5.41, 5.74) is 5.01. The molecule has 8 N–H and O–H groups in total. The van der Waals surface area contributed by atoms with Crippen molar-refractivity contribution in [1.82, 2.24) is 24.5 Å². The number of ether oxygens (including phenoxy) is 3. The molecule has 2 saturated heterocycles. The van der Waals surface area contributed by atoms with Gasteiger partial charge in [0.25, 0.3) is 0 Å². The molecular formula is C18H26N6O10. The number of hydrogen-bond donors (Lipinski definition) is 7. The van der Waals surface area contributed by atoms with E-state index in [-0.39, 0.29) is 19.0 Å². The lowest BCUT2D eigenvalue weighted by atomic mass is 9.99. The van der Waals surface area contributed by atoms with Crippen molar-refractivity contribution in [1.29, 1.82) is 0 Å². The molecule has 16 nitrogen and oxygen atoms in total. The predicted molar refractivity (Wildman–Crippen MR) is 107 cm³/mol. The van der Waals surface area contributed by atoms with Gasteiger partial charge in [-0.05, 0) is 6.07 Å². The van der Waals surface area contributed by atoms with Crippen LogP contribution in [0, 0.1) is 0 Å². The summed E-state index contributed by atoms with van der Waals surface area (Å²) >= 11 is 0. The van der Waals surface area contributed by atoms with E-state index in [1.807, 2.05) is 0 Å². The van der Waals surface area contributed by atoms with Gasteiger partial charge in [-0.3, -0.25) is 4.57 Å². The van der Waals surface area contributed by atoms with Crippen molar-refractivity contribution < 1.29 is 44.8 Å². The third-order valence-electron chi connectivity index (χ3n) is 5.66. The van der Waals surface area contributed by atoms with E-state index in [9.17, 15) is 35.4 Å². The van der Waals surface area contributed by atoms with Crippen molar-refractivity contribution >= 4 is 5.82 Å². The number of nitrogens with two attached hydrogens (primary N) is 1. The van der Waals surface area contributed by atoms with Gasteiger partial charge in [0.05, 0.1) is 26.0 Å². The van der Waals surface area contributed by atoms with Crippen LogP contribution in [0.1, 0.15) is 11.9 Å². The molecule has 0 spiro atoms. The summed E-state index contributed by atoms with van der Waals surface area (Å²) < 4.78 is 18.7. The van der Waals surface area contributed by atoms with Crippen LogP contribution < -0.4 is 11.4 Å². The summed E-state index contributed by atoms with van der Waals surface area (Å²) in [5, 5.41) is 67.4. The monoisotopic (exact) mass is 486 g/mol. The fourth-order valence-electron chi connectivity index (χ4n) is 3.78. The molecule has 2 aliphatic heterocycles. The van der Waals surface area contributed by atoms with Gasteiger partial charge in [0.1, 0.15) is 54.2 Å². The molecule has 0 unspecified atom stereocenters. The van der Waals surface area contributed by atoms with E-state index in [0.29, 0.717) is 5.69 Å². The number of nitrogen functional groups attached to an aromatic ring is 1. The summed E-state index contributed by atoms with van der Waals surface area (Å²) in [7, 11) is 0. The lowest BCUT2D eigenvalue weighted by Gasteiger charge is -2.39. The molecule has 0 aliphatic carbocycles. The zero-order valence-corrected chi connectivity index (χ0v) is 17.7. The Hall–Kier alpha value is -2.54. The first-order chi connectivity index (χ1) is 16.2. The molecule has 34 heavy (non-hydrogen) atoms. The highest BCUT2D eigenvalue weighted by molar-refractivity contribution is 5.23. The van der Waals surface area contributed by atoms with Crippen molar-refractivity contribution in [3.8, 4) is 0 Å². The number of rotatable bonds is 7. The molecule has 0 saturated carbocycles. The largest absolute Gasteiger partial charge is 0.394 e. The Morgan fingerprint density at radius 1 is 1.03 bits per heavy atom. The molecule has 0 bridgehead atoms. The van der Waals surface area contributed by atoms with E-state index >= 15 is 0 Å². The lowest BCUT2D eigenvalue weighted by molar-refractivity contribution is -0.304. The normalized spacial score (nSPS) is 36.1. The van der Waals surface area contributed by atoms with E-state index in [4.69, 9.17) is 19.9 Å². The molecule has 4 rings (SSSR count). The fourth-order valence-corrected chi connectivity index (χ4v) is 3.78. The molecule has 0 aromatic carbocycles. The SMILES string of the molecule is Nc1ccn([C@@H]2O[C@H](Cn3cc(CO[C@H]4O[C@H](CO)[C@@H](O)[C@H](O)[C@H]4O)nn3)[C@@H](O)[C@H]2O)c(=O)n1. The van der Waals surface area contributed by atoms with Crippen molar-refractivity contribution in [2.45, 2.75) is 68.4 Å². The highest BCUT2D eigenvalue weighted by Crippen LogP contribution is 2.29. The minimum Gasteiger partial charge on any atom is -0.394 e. The van der Waals surface area contributed by atoms with Crippen LogP contribution in [-0.2, 0) is 27.4 Å². The Morgan fingerprint density at radius 2 is 1.76 bits per heavy atom. The standard InChI is InChI=1S/C18H26N6O10/c19-10-1-2-24(18(31)20-10)16-14(29)11(26)8(33-16)4-23-3-7(21-22-23)6-32-17-15(30)13(28)12(27)9(5-25)34-17/h1-3,8-9,11-17,25-30H,4-6H2,(H2,19,20,31)/t8-,9-,11-,12-,13+,14-,15-,16-,17+/m1/s1. The zero-order valence-electron chi connectivity index (χ0n) is 17.7. The van der Waals surface area contributed by atoms with Crippen LogP contribution >= 0.6 is 0 Å². The topological polar surface area (TPSA) is 241 Å². The third-order valence-corrected chi connectivity index (χ3v) is 5.66. The Morgan fingerprint density at radius 3 is 2.47 bits per heavy atom. The second kappa shape index (κ2) is 9.98. The van der Waals surface area contributed by atoms with Gasteiger partial charge in [-0.15, -0.1) is 5.10 Å². The van der Waals surface area contributed by atoms with Crippen LogP contribution in [0.4, 0.5) is 5.82 Å². The molecule has 0 radical (unpaired) electrons. The smallest absolute Gasteiger partial charge is 0.351 e. The summed E-state index contributed by atoms with van der Waals surface area (Å²) in [6.45, 7) is -0.816. The maximum Gasteiger partial charge on any atom is 0.351 e. The maximum atomic E-state index is 12.0. The molecule has 16 heteroatoms. The molecule has 2 aromatic rings. The molecule has 0 amide bonds. The number of hydrogen-bond acceptors (Lipinski definition) is 14. The van der Waals surface area contributed by atoms with Crippen LogP contribution in [0.5, 0.6) is 0 Å². The van der Waals surface area contributed by atoms with Crippen molar-refractivity contribution in [3.05, 3.63) is 34.6 Å². The van der Waals surface area contributed by atoms with Gasteiger partial charge in [-0.1, -0.05) is 5.21 Å². The minimum absolute atomic E-state index is 0.00640. The Bertz CT molecular complexity index is 1030. The van der Waals surface area contributed by atoms with Crippen LogP contribution in [0.15, 0.2) is 23.3 Å². The number of anilines is 1. The van der Waals surface area contributed by atoms with Gasteiger partial charge in [0, 0.05) is 6.20 Å². The third kappa shape index (κ3) is 4.81. The number of aliphatic hydroxyl groups excluding tert-OH is 6. The minimum atomic E-state index is -1.57. The second-order valence-corrected chi connectivity index (χ2v) is 8.03. The summed E-state index contributed by atoms with van der Waals surface area (Å²) in [6, 6.07) is 1.36. The summed E-state index contributed by atoms with van der Waals surface area (Å²) in [5.74, 6) is 0.00640. The zero-order chi connectivity index (χ0) is 24.6. The highest BCUT2D eigenvalue weighted by atomic mass is 16.7. The van der Waals surface area contributed by atoms with Gasteiger partial charge in [-0.25, -0.2) is 9.48 Å². The summed E-state index contributed by atoms with van der Waals surface area (Å²) in [4.78, 5) is 15.6. The highest BCUT2D eigenvalue weighted by Gasteiger charge is 2.45. The molecule has 4 heterocycles. The van der Waals surface area contributed by atoms with E-state index < -0.39 is 67.5 Å². The Labute approximate surface area is 191 Å². The van der Waals surface area contributed by atoms with Crippen LogP contribution in [0.25, 0.3) is 0 Å². The molecular weight excluding hydrogens is 460 g/mol. The van der Waals surface area contributed by atoms with Crippen LogP contribution in [0.2, 0.25) is 0 Å². The van der Waals surface area contributed by atoms with Crippen LogP contribution in [-0.4, -0.2) is 111 Å². The van der Waals surface area contributed by atoms with Crippen LogP contribution in [0.3, 0.4) is 0 Å². The van der Waals surface area contributed by atoms with E-state index in [1.54, 1.807) is 0 Å². The molecule has 9 atom stereocenters. The maximum absolute atomic E-state index is 12.0. The molecule has 2 fully saturated rings. The fraction of sp³-hybridized carbons (Fsp3) is 0.667. The average Bonchev–Trinajstić information content (AvgIpc) is 3.37. The van der Waals surface area contributed by atoms with Gasteiger partial charge in [-0.2, -0.15) is 4.98 Å². The van der Waals surface area contributed by atoms with Gasteiger partial charge >= 0.3 is 5.69 Å². The first-order valence-electron chi connectivity index (χ1n) is 10.4. The average molecular weight is 486 g/mol. The van der Waals surface area contributed by atoms with Crippen molar-refractivity contribution in [2.75, 3.05) is 12.3 Å². The quantitative estimate of drug-likeness (QED) is 0.194. The number of nitrogens with zero attached hydrogens (tertiary/aromatic N) is 5. The van der Waals surface area contributed by atoms with E-state index in [2.05, 4.69) is 15.3 Å². The molecule has 2 aromatic heterocycles. The first kappa shape index (κ1) is 24.6. The Kier molecular flexibility index (Phi) is 7.22. The lowest BCUT2D eigenvalue weighted by Crippen LogP contribution is -2.59. The van der Waals surface area contributed by atoms with Gasteiger partial charge < -0.3 is 50.6 Å². The van der Waals surface area contributed by atoms with Gasteiger partial charge in [0.15, 0.2) is 12.5 Å². The Balaban J connectivity index is 1.36.